The van der Waals surface area contributed by atoms with Crippen LogP contribution in [0.3, 0.4) is 0 Å². The summed E-state index contributed by atoms with van der Waals surface area (Å²) in [4.78, 5) is 0. The Kier molecular flexibility index (Phi) is 4.16. The Morgan fingerprint density at radius 1 is 1.38 bits per heavy atom. The zero-order chi connectivity index (χ0) is 9.73. The number of hydrogen-bond donors (Lipinski definition) is 3. The van der Waals surface area contributed by atoms with Crippen LogP contribution in [-0.2, 0) is 0 Å². The summed E-state index contributed by atoms with van der Waals surface area (Å²) in [5, 5.41) is 21.9. The van der Waals surface area contributed by atoms with Gasteiger partial charge in [0.25, 0.3) is 0 Å². The number of aliphatic hydroxyl groups excluding tert-OH is 2. The molecule has 3 heteroatoms. The van der Waals surface area contributed by atoms with Crippen molar-refractivity contribution >= 4 is 0 Å². The molecular weight excluding hydrogens is 166 g/mol. The topological polar surface area (TPSA) is 52.5 Å². The van der Waals surface area contributed by atoms with Gasteiger partial charge in [-0.2, -0.15) is 0 Å². The molecular formula is C10H21NO2. The highest BCUT2D eigenvalue weighted by molar-refractivity contribution is 4.92. The minimum Gasteiger partial charge on any atom is -0.394 e. The molecule has 0 heterocycles. The second-order valence-corrected chi connectivity index (χ2v) is 4.09. The molecule has 0 radical (unpaired) electrons. The third-order valence-corrected chi connectivity index (χ3v) is 3.05. The van der Waals surface area contributed by atoms with Crippen molar-refractivity contribution in [3.8, 4) is 0 Å². The minimum atomic E-state index is -0.274. The maximum absolute atomic E-state index is 9.38. The van der Waals surface area contributed by atoms with E-state index >= 15 is 0 Å². The molecule has 1 aliphatic rings. The molecule has 13 heavy (non-hydrogen) atoms. The lowest BCUT2D eigenvalue weighted by molar-refractivity contribution is 0.120. The van der Waals surface area contributed by atoms with E-state index in [-0.39, 0.29) is 18.2 Å². The molecule has 0 aliphatic heterocycles. The quantitative estimate of drug-likeness (QED) is 0.592. The highest BCUT2D eigenvalue weighted by Crippen LogP contribution is 2.28. The molecule has 0 aromatic rings. The molecule has 1 saturated carbocycles. The summed E-state index contributed by atoms with van der Waals surface area (Å²) >= 11 is 0. The van der Waals surface area contributed by atoms with Crippen LogP contribution in [0, 0.1) is 0 Å². The van der Waals surface area contributed by atoms with E-state index in [0.717, 1.165) is 19.3 Å². The van der Waals surface area contributed by atoms with E-state index in [2.05, 4.69) is 5.32 Å². The van der Waals surface area contributed by atoms with Crippen molar-refractivity contribution in [2.75, 3.05) is 13.2 Å². The molecule has 0 amide bonds. The highest BCUT2D eigenvalue weighted by atomic mass is 16.3. The summed E-state index contributed by atoms with van der Waals surface area (Å²) in [6.07, 6.45) is 4.96. The first-order valence-corrected chi connectivity index (χ1v) is 5.26. The fraction of sp³-hybridized carbons (Fsp3) is 1.00. The molecule has 0 bridgehead atoms. The molecule has 3 nitrogen and oxygen atoms in total. The van der Waals surface area contributed by atoms with Crippen LogP contribution in [0.25, 0.3) is 0 Å². The van der Waals surface area contributed by atoms with Crippen molar-refractivity contribution in [2.45, 2.75) is 50.7 Å². The number of rotatable bonds is 5. The molecule has 1 unspecified atom stereocenters. The molecule has 0 aromatic heterocycles. The Balaban J connectivity index is 2.31. The zero-order valence-corrected chi connectivity index (χ0v) is 8.42. The van der Waals surface area contributed by atoms with Gasteiger partial charge in [0.15, 0.2) is 0 Å². The van der Waals surface area contributed by atoms with Crippen molar-refractivity contribution in [1.29, 1.82) is 0 Å². The molecule has 1 fully saturated rings. The lowest BCUT2D eigenvalue weighted by Crippen LogP contribution is -2.48. The third kappa shape index (κ3) is 2.93. The molecule has 0 spiro atoms. The number of nitrogens with one attached hydrogen (secondary N) is 1. The van der Waals surface area contributed by atoms with E-state index in [0.29, 0.717) is 6.54 Å². The standard InChI is InChI=1S/C10H21NO2/c1-2-9(13)7-11-10(8-12)5-3-4-6-10/h9,11-13H,2-8H2,1H3. The van der Waals surface area contributed by atoms with E-state index in [9.17, 15) is 10.2 Å². The van der Waals surface area contributed by atoms with Crippen LogP contribution in [0.5, 0.6) is 0 Å². The van der Waals surface area contributed by atoms with E-state index < -0.39 is 0 Å². The average molecular weight is 187 g/mol. The zero-order valence-electron chi connectivity index (χ0n) is 8.42. The molecule has 3 N–H and O–H groups in total. The summed E-state index contributed by atoms with van der Waals surface area (Å²) in [6, 6.07) is 0. The van der Waals surface area contributed by atoms with Crippen molar-refractivity contribution < 1.29 is 10.2 Å². The number of aliphatic hydroxyl groups is 2. The van der Waals surface area contributed by atoms with Gasteiger partial charge in [-0.3, -0.25) is 0 Å². The van der Waals surface area contributed by atoms with Crippen LogP contribution in [0.2, 0.25) is 0 Å². The predicted octanol–water partition coefficient (Wildman–Crippen LogP) is 0.652. The van der Waals surface area contributed by atoms with Gasteiger partial charge < -0.3 is 15.5 Å². The van der Waals surface area contributed by atoms with E-state index in [4.69, 9.17) is 0 Å². The first kappa shape index (κ1) is 11.0. The van der Waals surface area contributed by atoms with Gasteiger partial charge in [0.05, 0.1) is 12.7 Å². The molecule has 1 rings (SSSR count). The van der Waals surface area contributed by atoms with Gasteiger partial charge in [0, 0.05) is 12.1 Å². The summed E-state index contributed by atoms with van der Waals surface area (Å²) in [6.45, 7) is 2.77. The largest absolute Gasteiger partial charge is 0.394 e. The monoisotopic (exact) mass is 187 g/mol. The highest BCUT2D eigenvalue weighted by Gasteiger charge is 2.32. The van der Waals surface area contributed by atoms with E-state index in [1.54, 1.807) is 0 Å². The first-order chi connectivity index (χ1) is 6.22. The Hall–Kier alpha value is -0.120. The molecule has 1 aliphatic carbocycles. The van der Waals surface area contributed by atoms with Crippen LogP contribution in [-0.4, -0.2) is 35.0 Å². The second kappa shape index (κ2) is 4.94. The van der Waals surface area contributed by atoms with Gasteiger partial charge >= 0.3 is 0 Å². The molecule has 1 atom stereocenters. The van der Waals surface area contributed by atoms with E-state index in [1.165, 1.54) is 12.8 Å². The predicted molar refractivity (Wildman–Crippen MR) is 52.6 cm³/mol. The van der Waals surface area contributed by atoms with Crippen molar-refractivity contribution in [1.82, 2.24) is 5.32 Å². The van der Waals surface area contributed by atoms with Crippen molar-refractivity contribution in [2.24, 2.45) is 0 Å². The molecule has 0 aromatic carbocycles. The smallest absolute Gasteiger partial charge is 0.0662 e. The first-order valence-electron chi connectivity index (χ1n) is 5.26. The van der Waals surface area contributed by atoms with Gasteiger partial charge in [-0.05, 0) is 19.3 Å². The normalized spacial score (nSPS) is 23.3. The molecule has 0 saturated heterocycles. The maximum Gasteiger partial charge on any atom is 0.0662 e. The van der Waals surface area contributed by atoms with Gasteiger partial charge in [0.2, 0.25) is 0 Å². The maximum atomic E-state index is 9.38. The van der Waals surface area contributed by atoms with Crippen molar-refractivity contribution in [3.63, 3.8) is 0 Å². The van der Waals surface area contributed by atoms with Gasteiger partial charge in [-0.15, -0.1) is 0 Å². The molecule has 78 valence electrons. The summed E-state index contributed by atoms with van der Waals surface area (Å²) in [7, 11) is 0. The van der Waals surface area contributed by atoms with Gasteiger partial charge in [-0.1, -0.05) is 19.8 Å². The van der Waals surface area contributed by atoms with Crippen LogP contribution < -0.4 is 5.32 Å². The lowest BCUT2D eigenvalue weighted by Gasteiger charge is -2.29. The Morgan fingerprint density at radius 2 is 2.00 bits per heavy atom. The second-order valence-electron chi connectivity index (χ2n) is 4.09. The van der Waals surface area contributed by atoms with Crippen molar-refractivity contribution in [3.05, 3.63) is 0 Å². The number of β-amino-alcohol motifs (C(OH)–C–C–N with tert-alkyl or cyclic N) is 1. The fourth-order valence-electron chi connectivity index (χ4n) is 1.92. The summed E-state index contributed by atoms with van der Waals surface area (Å²) in [5.41, 5.74) is -0.0872. The Bertz CT molecular complexity index is 144. The average Bonchev–Trinajstić information content (AvgIpc) is 2.63. The summed E-state index contributed by atoms with van der Waals surface area (Å²) in [5.74, 6) is 0. The minimum absolute atomic E-state index is 0.0872. The van der Waals surface area contributed by atoms with E-state index in [1.807, 2.05) is 6.92 Å². The van der Waals surface area contributed by atoms with Crippen LogP contribution in [0.15, 0.2) is 0 Å². The Morgan fingerprint density at radius 3 is 2.46 bits per heavy atom. The summed E-state index contributed by atoms with van der Waals surface area (Å²) < 4.78 is 0. The van der Waals surface area contributed by atoms with Crippen LogP contribution >= 0.6 is 0 Å². The van der Waals surface area contributed by atoms with Gasteiger partial charge in [0.1, 0.15) is 0 Å². The number of hydrogen-bond acceptors (Lipinski definition) is 3. The lowest BCUT2D eigenvalue weighted by atomic mass is 9.98. The van der Waals surface area contributed by atoms with Gasteiger partial charge in [-0.25, -0.2) is 0 Å². The Labute approximate surface area is 80.2 Å². The van der Waals surface area contributed by atoms with Crippen LogP contribution in [0.1, 0.15) is 39.0 Å². The SMILES string of the molecule is CCC(O)CNC1(CO)CCCC1. The fourth-order valence-corrected chi connectivity index (χ4v) is 1.92. The van der Waals surface area contributed by atoms with Crippen LogP contribution in [0.4, 0.5) is 0 Å². The third-order valence-electron chi connectivity index (χ3n) is 3.05.